The van der Waals surface area contributed by atoms with Crippen LogP contribution in [0.4, 0.5) is 17.2 Å². The number of hydrogen-bond donors (Lipinski definition) is 2. The van der Waals surface area contributed by atoms with Crippen molar-refractivity contribution in [3.63, 3.8) is 0 Å². The number of nitrogens with two attached hydrogens (primary N) is 2. The summed E-state index contributed by atoms with van der Waals surface area (Å²) in [4.78, 5) is 17.3. The van der Waals surface area contributed by atoms with E-state index in [0.29, 0.717) is 33.8 Å². The first-order chi connectivity index (χ1) is 15.6. The monoisotopic (exact) mass is 421 g/mol. The fourth-order valence-corrected chi connectivity index (χ4v) is 3.20. The molecular formula is C23H19N9. The number of rotatable bonds is 5. The lowest BCUT2D eigenvalue weighted by Gasteiger charge is -2.15. The number of aromatic nitrogens is 4. The molecule has 32 heavy (non-hydrogen) atoms. The first-order valence-corrected chi connectivity index (χ1v) is 9.72. The van der Waals surface area contributed by atoms with E-state index in [4.69, 9.17) is 11.5 Å². The predicted molar refractivity (Wildman–Crippen MR) is 121 cm³/mol. The topological polar surface area (TPSA) is 152 Å². The Kier molecular flexibility index (Phi) is 5.76. The molecule has 0 radical (unpaired) electrons. The SMILES string of the molecule is Cc1cccc(CN=Nc2c(N)c(N)nc(-c3cccc(C#N)c3)c2-c2ccncn2)n1. The van der Waals surface area contributed by atoms with Gasteiger partial charge in [-0.05, 0) is 37.3 Å². The molecule has 4 rings (SSSR count). The maximum absolute atomic E-state index is 9.32. The smallest absolute Gasteiger partial charge is 0.149 e. The molecule has 4 N–H and O–H groups in total. The van der Waals surface area contributed by atoms with E-state index in [1.54, 1.807) is 30.5 Å². The quantitative estimate of drug-likeness (QED) is 0.457. The van der Waals surface area contributed by atoms with Gasteiger partial charge >= 0.3 is 0 Å². The molecule has 4 aromatic rings. The molecule has 1 aromatic carbocycles. The number of anilines is 2. The zero-order valence-electron chi connectivity index (χ0n) is 17.3. The number of hydrogen-bond acceptors (Lipinski definition) is 9. The van der Waals surface area contributed by atoms with Crippen molar-refractivity contribution in [2.45, 2.75) is 13.5 Å². The molecule has 9 nitrogen and oxygen atoms in total. The van der Waals surface area contributed by atoms with Crippen LogP contribution >= 0.6 is 0 Å². The second-order valence-corrected chi connectivity index (χ2v) is 6.94. The van der Waals surface area contributed by atoms with E-state index in [1.165, 1.54) is 6.33 Å². The van der Waals surface area contributed by atoms with Gasteiger partial charge in [0.1, 0.15) is 30.1 Å². The summed E-state index contributed by atoms with van der Waals surface area (Å²) in [5, 5.41) is 18.0. The number of azo groups is 1. The van der Waals surface area contributed by atoms with Crippen LogP contribution in [0.15, 0.2) is 71.3 Å². The van der Waals surface area contributed by atoms with E-state index in [1.807, 2.05) is 31.2 Å². The molecule has 0 spiro atoms. The van der Waals surface area contributed by atoms with Crippen molar-refractivity contribution in [1.82, 2.24) is 19.9 Å². The van der Waals surface area contributed by atoms with Crippen LogP contribution in [0.2, 0.25) is 0 Å². The summed E-state index contributed by atoms with van der Waals surface area (Å²) in [5.41, 5.74) is 17.4. The Balaban J connectivity index is 1.89. The van der Waals surface area contributed by atoms with Gasteiger partial charge in [0.25, 0.3) is 0 Å². The van der Waals surface area contributed by atoms with Crippen LogP contribution in [-0.4, -0.2) is 19.9 Å². The Bertz CT molecular complexity index is 1340. The molecule has 0 saturated heterocycles. The molecule has 0 fully saturated rings. The molecule has 3 heterocycles. The Hall–Kier alpha value is -4.71. The van der Waals surface area contributed by atoms with E-state index in [0.717, 1.165) is 11.4 Å². The van der Waals surface area contributed by atoms with Crippen molar-refractivity contribution in [1.29, 1.82) is 5.26 Å². The lowest BCUT2D eigenvalue weighted by Crippen LogP contribution is -2.03. The van der Waals surface area contributed by atoms with E-state index >= 15 is 0 Å². The summed E-state index contributed by atoms with van der Waals surface area (Å²) in [5.74, 6) is 0.114. The van der Waals surface area contributed by atoms with Gasteiger partial charge in [-0.2, -0.15) is 15.5 Å². The van der Waals surface area contributed by atoms with Gasteiger partial charge in [0.2, 0.25) is 0 Å². The molecule has 0 unspecified atom stereocenters. The van der Waals surface area contributed by atoms with Gasteiger partial charge < -0.3 is 11.5 Å². The van der Waals surface area contributed by atoms with Gasteiger partial charge in [0, 0.05) is 17.5 Å². The van der Waals surface area contributed by atoms with Gasteiger partial charge in [-0.1, -0.05) is 18.2 Å². The highest BCUT2D eigenvalue weighted by Crippen LogP contribution is 2.43. The van der Waals surface area contributed by atoms with E-state index in [9.17, 15) is 5.26 Å². The highest BCUT2D eigenvalue weighted by atomic mass is 15.1. The Morgan fingerprint density at radius 2 is 1.91 bits per heavy atom. The summed E-state index contributed by atoms with van der Waals surface area (Å²) < 4.78 is 0. The van der Waals surface area contributed by atoms with Crippen molar-refractivity contribution in [2.24, 2.45) is 10.2 Å². The highest BCUT2D eigenvalue weighted by molar-refractivity contribution is 5.95. The molecular weight excluding hydrogens is 402 g/mol. The Labute approximate surface area is 184 Å². The zero-order valence-corrected chi connectivity index (χ0v) is 17.3. The number of pyridine rings is 2. The van der Waals surface area contributed by atoms with Gasteiger partial charge in [-0.25, -0.2) is 15.0 Å². The summed E-state index contributed by atoms with van der Waals surface area (Å²) in [6.45, 7) is 2.18. The minimum Gasteiger partial charge on any atom is -0.394 e. The van der Waals surface area contributed by atoms with Crippen LogP contribution in [0.3, 0.4) is 0 Å². The lowest BCUT2D eigenvalue weighted by molar-refractivity contribution is 0.904. The molecule has 0 aliphatic carbocycles. The van der Waals surface area contributed by atoms with Crippen LogP contribution < -0.4 is 11.5 Å². The minimum absolute atomic E-state index is 0.114. The molecule has 0 aliphatic heterocycles. The van der Waals surface area contributed by atoms with Crippen molar-refractivity contribution in [2.75, 3.05) is 11.5 Å². The third-order valence-electron chi connectivity index (χ3n) is 4.69. The predicted octanol–water partition coefficient (Wildman–Crippen LogP) is 4.23. The summed E-state index contributed by atoms with van der Waals surface area (Å²) in [6.07, 6.45) is 3.04. The maximum Gasteiger partial charge on any atom is 0.149 e. The van der Waals surface area contributed by atoms with E-state index < -0.39 is 0 Å². The normalized spacial score (nSPS) is 10.9. The first kappa shape index (κ1) is 20.6. The number of nitriles is 1. The number of benzene rings is 1. The van der Waals surface area contributed by atoms with E-state index in [2.05, 4.69) is 36.2 Å². The molecule has 9 heteroatoms. The largest absolute Gasteiger partial charge is 0.394 e. The van der Waals surface area contributed by atoms with Crippen molar-refractivity contribution in [3.05, 3.63) is 78.0 Å². The Morgan fingerprint density at radius 1 is 1.06 bits per heavy atom. The second-order valence-electron chi connectivity index (χ2n) is 6.94. The lowest BCUT2D eigenvalue weighted by atomic mass is 9.99. The molecule has 0 atom stereocenters. The zero-order chi connectivity index (χ0) is 22.5. The summed E-state index contributed by atoms with van der Waals surface area (Å²) in [6, 6.07) is 16.6. The highest BCUT2D eigenvalue weighted by Gasteiger charge is 2.21. The van der Waals surface area contributed by atoms with Gasteiger partial charge in [0.15, 0.2) is 0 Å². The van der Waals surface area contributed by atoms with Gasteiger partial charge in [-0.3, -0.25) is 4.98 Å². The first-order valence-electron chi connectivity index (χ1n) is 9.72. The number of nitrogen functional groups attached to an aromatic ring is 2. The molecule has 0 aliphatic rings. The third kappa shape index (κ3) is 4.24. The molecule has 156 valence electrons. The fourth-order valence-electron chi connectivity index (χ4n) is 3.20. The average molecular weight is 421 g/mol. The molecule has 3 aromatic heterocycles. The molecule has 0 bridgehead atoms. The molecule has 0 saturated carbocycles. The standard InChI is InChI=1S/C23H19N9/c1-14-4-2-7-17(30-14)12-29-32-22-19(18-8-9-27-13-28-18)21(31-23(26)20(22)25)16-6-3-5-15(10-16)11-24/h2-10,13H,12,25H2,1H3,(H2,26,31). The van der Waals surface area contributed by atoms with Gasteiger partial charge in [-0.15, -0.1) is 0 Å². The van der Waals surface area contributed by atoms with Crippen LogP contribution in [0.25, 0.3) is 22.5 Å². The Morgan fingerprint density at radius 3 is 2.66 bits per heavy atom. The van der Waals surface area contributed by atoms with Gasteiger partial charge in [0.05, 0.1) is 34.3 Å². The minimum atomic E-state index is 0.114. The fraction of sp³-hybridized carbons (Fsp3) is 0.0870. The summed E-state index contributed by atoms with van der Waals surface area (Å²) >= 11 is 0. The maximum atomic E-state index is 9.32. The van der Waals surface area contributed by atoms with Crippen LogP contribution in [0.5, 0.6) is 0 Å². The van der Waals surface area contributed by atoms with Crippen LogP contribution in [-0.2, 0) is 6.54 Å². The van der Waals surface area contributed by atoms with Crippen molar-refractivity contribution in [3.8, 4) is 28.6 Å². The van der Waals surface area contributed by atoms with Crippen molar-refractivity contribution >= 4 is 17.2 Å². The van der Waals surface area contributed by atoms with Crippen molar-refractivity contribution < 1.29 is 0 Å². The van der Waals surface area contributed by atoms with Crippen LogP contribution in [0.1, 0.15) is 17.0 Å². The second kappa shape index (κ2) is 8.97. The van der Waals surface area contributed by atoms with E-state index in [-0.39, 0.29) is 18.1 Å². The number of nitrogens with zero attached hydrogens (tertiary/aromatic N) is 7. The third-order valence-corrected chi connectivity index (χ3v) is 4.69. The number of aryl methyl sites for hydroxylation is 1. The summed E-state index contributed by atoms with van der Waals surface area (Å²) in [7, 11) is 0. The molecule has 0 amide bonds. The van der Waals surface area contributed by atoms with Crippen LogP contribution in [0, 0.1) is 18.3 Å². The average Bonchev–Trinajstić information content (AvgIpc) is 2.82.